The van der Waals surface area contributed by atoms with E-state index in [2.05, 4.69) is 5.32 Å². The Labute approximate surface area is 189 Å². The Morgan fingerprint density at radius 1 is 1.00 bits per heavy atom. The van der Waals surface area contributed by atoms with Gasteiger partial charge in [-0.1, -0.05) is 56.3 Å². The van der Waals surface area contributed by atoms with Gasteiger partial charge in [-0.05, 0) is 49.4 Å². The molecule has 0 aliphatic heterocycles. The predicted octanol–water partition coefficient (Wildman–Crippen LogP) is 4.82. The van der Waals surface area contributed by atoms with Crippen LogP contribution in [-0.2, 0) is 21.8 Å². The van der Waals surface area contributed by atoms with Gasteiger partial charge in [0.15, 0.2) is 0 Å². The lowest BCUT2D eigenvalue weighted by Gasteiger charge is -2.31. The molecule has 0 aliphatic rings. The Morgan fingerprint density at radius 2 is 1.68 bits per heavy atom. The molecule has 0 heterocycles. The van der Waals surface area contributed by atoms with E-state index in [4.69, 9.17) is 0 Å². The second kappa shape index (κ2) is 13.2. The highest BCUT2D eigenvalue weighted by Gasteiger charge is 2.28. The molecule has 2 aromatic rings. The quantitative estimate of drug-likeness (QED) is 0.510. The molecule has 4 nitrogen and oxygen atoms in total. The summed E-state index contributed by atoms with van der Waals surface area (Å²) in [5.41, 5.74) is 2.10. The summed E-state index contributed by atoms with van der Waals surface area (Å²) in [6.07, 6.45) is 2.10. The maximum Gasteiger partial charge on any atom is 0.243 e. The summed E-state index contributed by atoms with van der Waals surface area (Å²) in [5, 5.41) is 3.03. The Bertz CT molecular complexity index is 814. The lowest BCUT2D eigenvalue weighted by molar-refractivity contribution is -0.139. The third-order valence-corrected chi connectivity index (χ3v) is 6.27. The van der Waals surface area contributed by atoms with Crippen LogP contribution >= 0.6 is 11.8 Å². The van der Waals surface area contributed by atoms with Crippen molar-refractivity contribution in [2.24, 2.45) is 0 Å². The number of thioether (sulfide) groups is 1. The van der Waals surface area contributed by atoms with Crippen LogP contribution in [0.25, 0.3) is 0 Å². The Morgan fingerprint density at radius 3 is 2.29 bits per heavy atom. The van der Waals surface area contributed by atoms with Crippen molar-refractivity contribution in [3.8, 4) is 0 Å². The number of nitrogens with zero attached hydrogens (tertiary/aromatic N) is 1. The lowest BCUT2D eigenvalue weighted by Crippen LogP contribution is -2.52. The first-order valence-corrected chi connectivity index (χ1v) is 12.1. The third kappa shape index (κ3) is 8.37. The molecule has 0 aromatic heterocycles. The zero-order valence-corrected chi connectivity index (χ0v) is 19.5. The molecule has 0 bridgehead atoms. The average Bonchev–Trinajstić information content (AvgIpc) is 2.78. The number of hydrogen-bond donors (Lipinski definition) is 1. The molecule has 2 rings (SSSR count). The molecule has 31 heavy (non-hydrogen) atoms. The molecule has 2 aromatic carbocycles. The first-order valence-electron chi connectivity index (χ1n) is 10.9. The maximum absolute atomic E-state index is 13.1. The predicted molar refractivity (Wildman–Crippen MR) is 126 cm³/mol. The van der Waals surface area contributed by atoms with Crippen LogP contribution < -0.4 is 5.32 Å². The van der Waals surface area contributed by atoms with Gasteiger partial charge in [0.1, 0.15) is 11.9 Å². The van der Waals surface area contributed by atoms with Crippen LogP contribution in [0.1, 0.15) is 44.7 Å². The van der Waals surface area contributed by atoms with Crippen LogP contribution in [0, 0.1) is 5.82 Å². The minimum atomic E-state index is -0.489. The SMILES string of the molecule is CC[C@@H](C)NC(=O)[C@H](CC)N(CCc1ccccc1)C(=O)CSCc1ccc(F)cc1. The van der Waals surface area contributed by atoms with Crippen molar-refractivity contribution < 1.29 is 14.0 Å². The van der Waals surface area contributed by atoms with E-state index in [1.807, 2.05) is 51.1 Å². The summed E-state index contributed by atoms with van der Waals surface area (Å²) in [6, 6.07) is 15.9. The molecular formula is C25H33FN2O2S. The number of carbonyl (C=O) groups is 2. The number of amides is 2. The van der Waals surface area contributed by atoms with Crippen LogP contribution in [0.2, 0.25) is 0 Å². The highest BCUT2D eigenvalue weighted by molar-refractivity contribution is 7.99. The second-order valence-corrected chi connectivity index (χ2v) is 8.67. The largest absolute Gasteiger partial charge is 0.352 e. The van der Waals surface area contributed by atoms with Gasteiger partial charge in [-0.15, -0.1) is 11.8 Å². The average molecular weight is 445 g/mol. The molecule has 0 saturated carbocycles. The van der Waals surface area contributed by atoms with Gasteiger partial charge in [0.05, 0.1) is 5.75 Å². The van der Waals surface area contributed by atoms with Crippen molar-refractivity contribution in [2.45, 2.75) is 57.9 Å². The fourth-order valence-electron chi connectivity index (χ4n) is 3.26. The third-order valence-electron chi connectivity index (χ3n) is 5.28. The Kier molecular flexibility index (Phi) is 10.6. The van der Waals surface area contributed by atoms with Gasteiger partial charge in [-0.25, -0.2) is 4.39 Å². The van der Waals surface area contributed by atoms with Gasteiger partial charge in [0, 0.05) is 18.3 Å². The van der Waals surface area contributed by atoms with E-state index in [1.54, 1.807) is 17.0 Å². The first-order chi connectivity index (χ1) is 14.9. The monoisotopic (exact) mass is 444 g/mol. The molecule has 6 heteroatoms. The molecule has 1 N–H and O–H groups in total. The van der Waals surface area contributed by atoms with Crippen molar-refractivity contribution in [3.05, 3.63) is 71.5 Å². The molecule has 0 unspecified atom stereocenters. The number of halogens is 1. The molecule has 0 saturated heterocycles. The van der Waals surface area contributed by atoms with Gasteiger partial charge < -0.3 is 10.2 Å². The lowest BCUT2D eigenvalue weighted by atomic mass is 10.1. The number of nitrogens with one attached hydrogen (secondary N) is 1. The number of benzene rings is 2. The van der Waals surface area contributed by atoms with Crippen molar-refractivity contribution in [1.29, 1.82) is 0 Å². The standard InChI is InChI=1S/C25H33FN2O2S/c1-4-19(3)27-25(30)23(5-2)28(16-15-20-9-7-6-8-10-20)24(29)18-31-17-21-11-13-22(26)14-12-21/h6-14,19,23H,4-5,15-18H2,1-3H3,(H,27,30)/t19-,23+/m1/s1. The molecule has 0 aliphatic carbocycles. The van der Waals surface area contributed by atoms with Gasteiger partial charge in [0.2, 0.25) is 11.8 Å². The molecule has 2 amide bonds. The maximum atomic E-state index is 13.1. The summed E-state index contributed by atoms with van der Waals surface area (Å²) in [7, 11) is 0. The van der Waals surface area contributed by atoms with E-state index in [-0.39, 0.29) is 29.4 Å². The van der Waals surface area contributed by atoms with Crippen LogP contribution in [0.4, 0.5) is 4.39 Å². The van der Waals surface area contributed by atoms with Gasteiger partial charge in [0.25, 0.3) is 0 Å². The molecule has 0 radical (unpaired) electrons. The highest BCUT2D eigenvalue weighted by Crippen LogP contribution is 2.16. The normalized spacial score (nSPS) is 12.8. The fourth-order valence-corrected chi connectivity index (χ4v) is 4.13. The first kappa shape index (κ1) is 24.9. The van der Waals surface area contributed by atoms with Crippen molar-refractivity contribution in [2.75, 3.05) is 12.3 Å². The van der Waals surface area contributed by atoms with Gasteiger partial charge in [-0.2, -0.15) is 0 Å². The zero-order valence-electron chi connectivity index (χ0n) is 18.6. The van der Waals surface area contributed by atoms with Gasteiger partial charge in [-0.3, -0.25) is 9.59 Å². The summed E-state index contributed by atoms with van der Waals surface area (Å²) >= 11 is 1.48. The van der Waals surface area contributed by atoms with Crippen molar-refractivity contribution in [1.82, 2.24) is 10.2 Å². The smallest absolute Gasteiger partial charge is 0.243 e. The van der Waals surface area contributed by atoms with E-state index >= 15 is 0 Å². The summed E-state index contributed by atoms with van der Waals surface area (Å²) in [5.74, 6) is 0.485. The van der Waals surface area contributed by atoms with E-state index in [9.17, 15) is 14.0 Å². The highest BCUT2D eigenvalue weighted by atomic mass is 32.2. The summed E-state index contributed by atoms with van der Waals surface area (Å²) in [4.78, 5) is 27.7. The van der Waals surface area contributed by atoms with Crippen LogP contribution in [-0.4, -0.2) is 41.1 Å². The molecule has 0 fully saturated rings. The van der Waals surface area contributed by atoms with Crippen molar-refractivity contribution >= 4 is 23.6 Å². The van der Waals surface area contributed by atoms with Crippen LogP contribution in [0.15, 0.2) is 54.6 Å². The minimum Gasteiger partial charge on any atom is -0.352 e. The summed E-state index contributed by atoms with van der Waals surface area (Å²) < 4.78 is 13.1. The topological polar surface area (TPSA) is 49.4 Å². The molecule has 0 spiro atoms. The Balaban J connectivity index is 2.05. The zero-order chi connectivity index (χ0) is 22.6. The fraction of sp³-hybridized carbons (Fsp3) is 0.440. The number of carbonyl (C=O) groups excluding carboxylic acids is 2. The Hall–Kier alpha value is -2.34. The van der Waals surface area contributed by atoms with E-state index in [1.165, 1.54) is 23.9 Å². The minimum absolute atomic E-state index is 0.0470. The van der Waals surface area contributed by atoms with Crippen LogP contribution in [0.3, 0.4) is 0 Å². The number of hydrogen-bond acceptors (Lipinski definition) is 3. The van der Waals surface area contributed by atoms with Crippen LogP contribution in [0.5, 0.6) is 0 Å². The van der Waals surface area contributed by atoms with E-state index in [0.717, 1.165) is 17.5 Å². The van der Waals surface area contributed by atoms with Gasteiger partial charge >= 0.3 is 0 Å². The van der Waals surface area contributed by atoms with Crippen molar-refractivity contribution in [3.63, 3.8) is 0 Å². The van der Waals surface area contributed by atoms with E-state index < -0.39 is 6.04 Å². The van der Waals surface area contributed by atoms with E-state index in [0.29, 0.717) is 25.1 Å². The summed E-state index contributed by atoms with van der Waals surface area (Å²) in [6.45, 7) is 6.43. The molecule has 168 valence electrons. The second-order valence-electron chi connectivity index (χ2n) is 7.68. The molecule has 2 atom stereocenters. The molecular weight excluding hydrogens is 411 g/mol. The number of rotatable bonds is 12.